The Morgan fingerprint density at radius 3 is 2.40 bits per heavy atom. The summed E-state index contributed by atoms with van der Waals surface area (Å²) in [5.41, 5.74) is 0. The first kappa shape index (κ1) is 12.9. The first-order valence-corrected chi connectivity index (χ1v) is 7.11. The minimum Gasteiger partial charge on any atom is -0.393 e. The van der Waals surface area contributed by atoms with Crippen molar-refractivity contribution in [2.24, 2.45) is 5.14 Å². The van der Waals surface area contributed by atoms with Crippen LogP contribution in [0.2, 0.25) is 0 Å². The Balaban J connectivity index is 2.06. The van der Waals surface area contributed by atoms with E-state index in [-0.39, 0.29) is 11.9 Å². The molecule has 0 aromatic heterocycles. The Bertz CT molecular complexity index is 271. The van der Waals surface area contributed by atoms with E-state index >= 15 is 0 Å². The number of primary sulfonamides is 1. The molecular weight excluding hydrogens is 216 g/mol. The van der Waals surface area contributed by atoms with Crippen LogP contribution in [0.25, 0.3) is 0 Å². The van der Waals surface area contributed by atoms with Gasteiger partial charge in [0.1, 0.15) is 0 Å². The molecule has 0 aromatic carbocycles. The minimum atomic E-state index is -3.32. The van der Waals surface area contributed by atoms with Gasteiger partial charge in [-0.2, -0.15) is 0 Å². The summed E-state index contributed by atoms with van der Waals surface area (Å²) in [6, 6.07) is 0.425. The van der Waals surface area contributed by atoms with Crippen LogP contribution in [0.4, 0.5) is 0 Å². The maximum atomic E-state index is 10.6. The number of hydrogen-bond donors (Lipinski definition) is 3. The van der Waals surface area contributed by atoms with Gasteiger partial charge in [0.25, 0.3) is 0 Å². The lowest BCUT2D eigenvalue weighted by atomic mass is 9.93. The summed E-state index contributed by atoms with van der Waals surface area (Å²) in [5, 5.41) is 17.4. The molecule has 15 heavy (non-hydrogen) atoms. The van der Waals surface area contributed by atoms with E-state index < -0.39 is 10.0 Å². The minimum absolute atomic E-state index is 0.0370. The molecule has 0 bridgehead atoms. The van der Waals surface area contributed by atoms with Crippen molar-refractivity contribution in [1.82, 2.24) is 5.32 Å². The monoisotopic (exact) mass is 236 g/mol. The lowest BCUT2D eigenvalue weighted by Gasteiger charge is -2.26. The summed E-state index contributed by atoms with van der Waals surface area (Å²) < 4.78 is 21.3. The van der Waals surface area contributed by atoms with E-state index in [1.165, 1.54) is 0 Å². The van der Waals surface area contributed by atoms with Gasteiger partial charge in [-0.05, 0) is 38.6 Å². The quantitative estimate of drug-likeness (QED) is 0.564. The van der Waals surface area contributed by atoms with Crippen LogP contribution >= 0.6 is 0 Å². The topological polar surface area (TPSA) is 92.4 Å². The summed E-state index contributed by atoms with van der Waals surface area (Å²) in [6.07, 6.45) is 4.03. The van der Waals surface area contributed by atoms with E-state index in [1.807, 2.05) is 0 Å². The van der Waals surface area contributed by atoms with Crippen molar-refractivity contribution in [3.05, 3.63) is 0 Å². The molecule has 0 saturated heterocycles. The van der Waals surface area contributed by atoms with Crippen LogP contribution in [-0.2, 0) is 10.0 Å². The number of aliphatic hydroxyl groups excluding tert-OH is 1. The van der Waals surface area contributed by atoms with Gasteiger partial charge in [0.05, 0.1) is 11.9 Å². The summed E-state index contributed by atoms with van der Waals surface area (Å²) in [4.78, 5) is 0. The molecule has 90 valence electrons. The molecule has 1 fully saturated rings. The van der Waals surface area contributed by atoms with E-state index in [4.69, 9.17) is 5.14 Å². The van der Waals surface area contributed by atoms with E-state index in [2.05, 4.69) is 5.32 Å². The van der Waals surface area contributed by atoms with Gasteiger partial charge >= 0.3 is 0 Å². The summed E-state index contributed by atoms with van der Waals surface area (Å²) in [6.45, 7) is 0.678. The molecule has 0 spiro atoms. The fraction of sp³-hybridized carbons (Fsp3) is 1.00. The number of aliphatic hydroxyl groups is 1. The molecule has 1 saturated carbocycles. The first-order chi connectivity index (χ1) is 6.97. The van der Waals surface area contributed by atoms with Crippen LogP contribution in [0, 0.1) is 0 Å². The van der Waals surface area contributed by atoms with Crippen LogP contribution in [0.5, 0.6) is 0 Å². The second kappa shape index (κ2) is 5.79. The molecule has 1 aliphatic rings. The van der Waals surface area contributed by atoms with Gasteiger partial charge in [0.15, 0.2) is 0 Å². The fourth-order valence-corrected chi connectivity index (χ4v) is 2.41. The zero-order valence-corrected chi connectivity index (χ0v) is 9.67. The molecule has 5 nitrogen and oxygen atoms in total. The second-order valence-electron chi connectivity index (χ2n) is 4.18. The predicted octanol–water partition coefficient (Wildman–Crippen LogP) is -0.442. The zero-order valence-electron chi connectivity index (χ0n) is 8.85. The van der Waals surface area contributed by atoms with Crippen molar-refractivity contribution >= 4 is 10.0 Å². The number of nitrogens with one attached hydrogen (secondary N) is 1. The van der Waals surface area contributed by atoms with Gasteiger partial charge in [-0.3, -0.25) is 0 Å². The number of nitrogens with two attached hydrogens (primary N) is 1. The maximum Gasteiger partial charge on any atom is 0.209 e. The Kier molecular flexibility index (Phi) is 4.98. The fourth-order valence-electron chi connectivity index (χ4n) is 1.86. The normalized spacial score (nSPS) is 27.9. The van der Waals surface area contributed by atoms with Crippen LogP contribution < -0.4 is 10.5 Å². The van der Waals surface area contributed by atoms with Gasteiger partial charge in [-0.25, -0.2) is 13.6 Å². The van der Waals surface area contributed by atoms with Crippen molar-refractivity contribution in [2.45, 2.75) is 44.2 Å². The Morgan fingerprint density at radius 1 is 1.27 bits per heavy atom. The van der Waals surface area contributed by atoms with Crippen LogP contribution in [0.1, 0.15) is 32.1 Å². The first-order valence-electron chi connectivity index (χ1n) is 5.39. The molecule has 0 aromatic rings. The average Bonchev–Trinajstić information content (AvgIpc) is 2.14. The van der Waals surface area contributed by atoms with Crippen LogP contribution in [0.3, 0.4) is 0 Å². The van der Waals surface area contributed by atoms with Gasteiger partial charge in [0.2, 0.25) is 10.0 Å². The standard InChI is InChI=1S/C9H20N2O3S/c10-15(13,14)7-1-6-11-8-2-4-9(12)5-3-8/h8-9,11-12H,1-7H2,(H2,10,13,14). The largest absolute Gasteiger partial charge is 0.393 e. The molecule has 0 heterocycles. The Hall–Kier alpha value is -0.170. The second-order valence-corrected chi connectivity index (χ2v) is 5.91. The lowest BCUT2D eigenvalue weighted by molar-refractivity contribution is 0.117. The third-order valence-corrected chi connectivity index (χ3v) is 3.59. The summed E-state index contributed by atoms with van der Waals surface area (Å²) >= 11 is 0. The van der Waals surface area contributed by atoms with Gasteiger partial charge in [-0.1, -0.05) is 0 Å². The molecule has 0 unspecified atom stereocenters. The van der Waals surface area contributed by atoms with Gasteiger partial charge in [-0.15, -0.1) is 0 Å². The van der Waals surface area contributed by atoms with Crippen molar-refractivity contribution < 1.29 is 13.5 Å². The third-order valence-electron chi connectivity index (χ3n) is 2.74. The number of sulfonamides is 1. The highest BCUT2D eigenvalue weighted by molar-refractivity contribution is 7.89. The SMILES string of the molecule is NS(=O)(=O)CCCNC1CCC(O)CC1. The maximum absolute atomic E-state index is 10.6. The third kappa shape index (κ3) is 6.09. The summed E-state index contributed by atoms with van der Waals surface area (Å²) in [7, 11) is -3.32. The van der Waals surface area contributed by atoms with E-state index in [0.717, 1.165) is 25.7 Å². The zero-order chi connectivity index (χ0) is 11.3. The molecular formula is C9H20N2O3S. The molecule has 6 heteroatoms. The van der Waals surface area contributed by atoms with Crippen LogP contribution in [-0.4, -0.2) is 38.0 Å². The molecule has 0 atom stereocenters. The van der Waals surface area contributed by atoms with Crippen molar-refractivity contribution in [3.8, 4) is 0 Å². The van der Waals surface area contributed by atoms with E-state index in [1.54, 1.807) is 0 Å². The molecule has 0 amide bonds. The molecule has 4 N–H and O–H groups in total. The van der Waals surface area contributed by atoms with Crippen molar-refractivity contribution in [3.63, 3.8) is 0 Å². The number of rotatable bonds is 5. The summed E-state index contributed by atoms with van der Waals surface area (Å²) in [5.74, 6) is 0.0370. The van der Waals surface area contributed by atoms with Crippen LogP contribution in [0.15, 0.2) is 0 Å². The van der Waals surface area contributed by atoms with Crippen molar-refractivity contribution in [2.75, 3.05) is 12.3 Å². The smallest absolute Gasteiger partial charge is 0.209 e. The van der Waals surface area contributed by atoms with E-state index in [9.17, 15) is 13.5 Å². The van der Waals surface area contributed by atoms with Crippen molar-refractivity contribution in [1.29, 1.82) is 0 Å². The molecule has 0 radical (unpaired) electrons. The molecule has 0 aliphatic heterocycles. The molecule has 1 rings (SSSR count). The highest BCUT2D eigenvalue weighted by atomic mass is 32.2. The number of hydrogen-bond acceptors (Lipinski definition) is 4. The van der Waals surface area contributed by atoms with Gasteiger partial charge in [0, 0.05) is 6.04 Å². The highest BCUT2D eigenvalue weighted by Crippen LogP contribution is 2.17. The average molecular weight is 236 g/mol. The molecule has 1 aliphatic carbocycles. The predicted molar refractivity (Wildman–Crippen MR) is 58.9 cm³/mol. The van der Waals surface area contributed by atoms with Gasteiger partial charge < -0.3 is 10.4 Å². The van der Waals surface area contributed by atoms with E-state index in [0.29, 0.717) is 19.0 Å². The Labute approximate surface area is 91.1 Å². The Morgan fingerprint density at radius 2 is 1.87 bits per heavy atom. The lowest BCUT2D eigenvalue weighted by Crippen LogP contribution is -2.35. The highest BCUT2D eigenvalue weighted by Gasteiger charge is 2.18.